The van der Waals surface area contributed by atoms with Crippen molar-refractivity contribution in [3.8, 4) is 0 Å². The monoisotopic (exact) mass is 337 g/mol. The van der Waals surface area contributed by atoms with Crippen LogP contribution in [0.4, 0.5) is 14.5 Å². The molecule has 0 aliphatic heterocycles. The normalized spacial score (nSPS) is 11.9. The van der Waals surface area contributed by atoms with Gasteiger partial charge in [-0.05, 0) is 32.9 Å². The quantitative estimate of drug-likeness (QED) is 0.870. The second kappa shape index (κ2) is 6.77. The van der Waals surface area contributed by atoms with Crippen LogP contribution >= 0.6 is 0 Å². The number of anilines is 1. The van der Waals surface area contributed by atoms with Crippen LogP contribution in [0.1, 0.15) is 28.7 Å². The number of nitrogens with zero attached hydrogens (tertiary/aromatic N) is 2. The third-order valence-electron chi connectivity index (χ3n) is 3.58. The maximum absolute atomic E-state index is 13.6. The van der Waals surface area contributed by atoms with Crippen LogP contribution in [0.5, 0.6) is 0 Å². The van der Waals surface area contributed by atoms with E-state index in [-0.39, 0.29) is 0 Å². The van der Waals surface area contributed by atoms with Gasteiger partial charge in [0.1, 0.15) is 17.2 Å². The molecular formula is C16H17F2N3O3. The maximum Gasteiger partial charge on any atom is 0.344 e. The smallest absolute Gasteiger partial charge is 0.344 e. The molecule has 0 aliphatic rings. The van der Waals surface area contributed by atoms with Gasteiger partial charge in [0.2, 0.25) is 0 Å². The first-order chi connectivity index (χ1) is 11.2. The van der Waals surface area contributed by atoms with Gasteiger partial charge in [-0.25, -0.2) is 13.6 Å². The summed E-state index contributed by atoms with van der Waals surface area (Å²) in [5, 5.41) is 6.75. The summed E-state index contributed by atoms with van der Waals surface area (Å²) in [5.41, 5.74) is 0.995. The van der Waals surface area contributed by atoms with Gasteiger partial charge < -0.3 is 10.1 Å². The molecule has 8 heteroatoms. The molecular weight excluding hydrogens is 320 g/mol. The minimum Gasteiger partial charge on any atom is -0.449 e. The molecule has 1 aromatic heterocycles. The summed E-state index contributed by atoms with van der Waals surface area (Å²) >= 11 is 0. The van der Waals surface area contributed by atoms with E-state index in [0.29, 0.717) is 11.4 Å². The van der Waals surface area contributed by atoms with Gasteiger partial charge in [0.15, 0.2) is 6.10 Å². The van der Waals surface area contributed by atoms with Crippen molar-refractivity contribution in [2.75, 3.05) is 5.32 Å². The minimum absolute atomic E-state index is 0.502. The topological polar surface area (TPSA) is 73.2 Å². The van der Waals surface area contributed by atoms with Gasteiger partial charge in [-0.3, -0.25) is 9.48 Å². The third kappa shape index (κ3) is 3.42. The number of carbonyl (C=O) groups is 2. The number of rotatable bonds is 4. The number of ether oxygens (including phenoxy) is 1. The molecule has 0 unspecified atom stereocenters. The number of carbonyl (C=O) groups excluding carboxylic acids is 2. The zero-order valence-corrected chi connectivity index (χ0v) is 13.7. The molecule has 2 rings (SSSR count). The van der Waals surface area contributed by atoms with E-state index in [4.69, 9.17) is 4.74 Å². The number of amides is 1. The first kappa shape index (κ1) is 17.6. The van der Waals surface area contributed by atoms with Crippen LogP contribution < -0.4 is 5.32 Å². The van der Waals surface area contributed by atoms with Crippen molar-refractivity contribution < 1.29 is 23.1 Å². The molecule has 0 fully saturated rings. The lowest BCUT2D eigenvalue weighted by Crippen LogP contribution is -2.30. The van der Waals surface area contributed by atoms with Crippen molar-refractivity contribution in [1.29, 1.82) is 0 Å². The molecule has 0 aliphatic carbocycles. The standard InChI is InChI=1S/C16H17F2N3O3/c1-8-14(9(2)21(4)20-8)19-15(22)10(3)24-16(23)13-11(17)6-5-7-12(13)18/h5-7,10H,1-4H3,(H,19,22)/t10-/m0/s1. The highest BCUT2D eigenvalue weighted by Gasteiger charge is 2.25. The van der Waals surface area contributed by atoms with E-state index < -0.39 is 35.2 Å². The van der Waals surface area contributed by atoms with E-state index in [1.165, 1.54) is 6.92 Å². The number of benzene rings is 1. The molecule has 0 bridgehead atoms. The predicted molar refractivity (Wildman–Crippen MR) is 82.5 cm³/mol. The number of nitrogens with one attached hydrogen (secondary N) is 1. The molecule has 128 valence electrons. The number of halogens is 2. The molecule has 24 heavy (non-hydrogen) atoms. The van der Waals surface area contributed by atoms with Gasteiger partial charge in [0.25, 0.3) is 5.91 Å². The number of aromatic nitrogens is 2. The fraction of sp³-hybridized carbons (Fsp3) is 0.312. The van der Waals surface area contributed by atoms with Crippen LogP contribution in [0.15, 0.2) is 18.2 Å². The average Bonchev–Trinajstić information content (AvgIpc) is 2.73. The van der Waals surface area contributed by atoms with Crippen LogP contribution in [0.25, 0.3) is 0 Å². The maximum atomic E-state index is 13.6. The van der Waals surface area contributed by atoms with E-state index in [2.05, 4.69) is 10.4 Å². The zero-order valence-electron chi connectivity index (χ0n) is 13.7. The zero-order chi connectivity index (χ0) is 18.0. The first-order valence-corrected chi connectivity index (χ1v) is 7.18. The highest BCUT2D eigenvalue weighted by Crippen LogP contribution is 2.19. The fourth-order valence-electron chi connectivity index (χ4n) is 2.15. The summed E-state index contributed by atoms with van der Waals surface area (Å²) in [5.74, 6) is -3.97. The van der Waals surface area contributed by atoms with Gasteiger partial charge in [0, 0.05) is 7.05 Å². The molecule has 1 amide bonds. The van der Waals surface area contributed by atoms with E-state index in [1.54, 1.807) is 25.6 Å². The Labute approximate surface area is 137 Å². The lowest BCUT2D eigenvalue weighted by atomic mass is 10.2. The van der Waals surface area contributed by atoms with Crippen molar-refractivity contribution >= 4 is 17.6 Å². The highest BCUT2D eigenvalue weighted by molar-refractivity contribution is 5.98. The van der Waals surface area contributed by atoms with Crippen LogP contribution in [-0.4, -0.2) is 27.8 Å². The summed E-state index contributed by atoms with van der Waals surface area (Å²) < 4.78 is 33.6. The fourth-order valence-corrected chi connectivity index (χ4v) is 2.15. The van der Waals surface area contributed by atoms with Gasteiger partial charge in [0.05, 0.1) is 17.1 Å². The van der Waals surface area contributed by atoms with Gasteiger partial charge >= 0.3 is 5.97 Å². The molecule has 1 atom stereocenters. The SMILES string of the molecule is Cc1nn(C)c(C)c1NC(=O)[C@H](C)OC(=O)c1c(F)cccc1F. The minimum atomic E-state index is -1.24. The Morgan fingerprint density at radius 3 is 2.33 bits per heavy atom. The Balaban J connectivity index is 2.10. The molecule has 0 radical (unpaired) electrons. The number of aryl methyl sites for hydroxylation is 2. The molecule has 1 aromatic carbocycles. The second-order valence-corrected chi connectivity index (χ2v) is 5.30. The Kier molecular flexibility index (Phi) is 4.96. The number of hydrogen-bond donors (Lipinski definition) is 1. The van der Waals surface area contributed by atoms with Crippen LogP contribution in [0, 0.1) is 25.5 Å². The van der Waals surface area contributed by atoms with Crippen molar-refractivity contribution in [1.82, 2.24) is 9.78 Å². The average molecular weight is 337 g/mol. The summed E-state index contributed by atoms with van der Waals surface area (Å²) in [6.45, 7) is 4.79. The van der Waals surface area contributed by atoms with Crippen LogP contribution in [0.3, 0.4) is 0 Å². The lowest BCUT2D eigenvalue weighted by molar-refractivity contribution is -0.123. The Morgan fingerprint density at radius 1 is 1.25 bits per heavy atom. The summed E-state index contributed by atoms with van der Waals surface area (Å²) in [7, 11) is 1.72. The first-order valence-electron chi connectivity index (χ1n) is 7.18. The predicted octanol–water partition coefficient (Wildman–Crippen LogP) is 2.50. The van der Waals surface area contributed by atoms with Crippen molar-refractivity contribution in [3.05, 3.63) is 46.8 Å². The summed E-state index contributed by atoms with van der Waals surface area (Å²) in [6.07, 6.45) is -1.24. The van der Waals surface area contributed by atoms with E-state index >= 15 is 0 Å². The molecule has 0 saturated heterocycles. The molecule has 2 aromatic rings. The summed E-state index contributed by atoms with van der Waals surface area (Å²) in [4.78, 5) is 24.0. The van der Waals surface area contributed by atoms with Crippen molar-refractivity contribution in [2.24, 2.45) is 7.05 Å². The second-order valence-electron chi connectivity index (χ2n) is 5.30. The van der Waals surface area contributed by atoms with Gasteiger partial charge in [-0.2, -0.15) is 5.10 Å². The summed E-state index contributed by atoms with van der Waals surface area (Å²) in [6, 6.07) is 3.01. The molecule has 0 spiro atoms. The Morgan fingerprint density at radius 2 is 1.83 bits per heavy atom. The van der Waals surface area contributed by atoms with E-state index in [1.807, 2.05) is 0 Å². The highest BCUT2D eigenvalue weighted by atomic mass is 19.1. The van der Waals surface area contributed by atoms with Crippen LogP contribution in [0.2, 0.25) is 0 Å². The van der Waals surface area contributed by atoms with E-state index in [0.717, 1.165) is 23.9 Å². The van der Waals surface area contributed by atoms with Crippen molar-refractivity contribution in [3.63, 3.8) is 0 Å². The van der Waals surface area contributed by atoms with Gasteiger partial charge in [-0.1, -0.05) is 6.07 Å². The number of esters is 1. The van der Waals surface area contributed by atoms with Crippen LogP contribution in [-0.2, 0) is 16.6 Å². The Bertz CT molecular complexity index is 782. The van der Waals surface area contributed by atoms with E-state index in [9.17, 15) is 18.4 Å². The Hall–Kier alpha value is -2.77. The number of hydrogen-bond acceptors (Lipinski definition) is 4. The molecule has 1 N–H and O–H groups in total. The largest absolute Gasteiger partial charge is 0.449 e. The third-order valence-corrected chi connectivity index (χ3v) is 3.58. The van der Waals surface area contributed by atoms with Crippen molar-refractivity contribution in [2.45, 2.75) is 26.9 Å². The molecule has 1 heterocycles. The molecule has 0 saturated carbocycles. The van der Waals surface area contributed by atoms with Gasteiger partial charge in [-0.15, -0.1) is 0 Å². The molecule has 6 nitrogen and oxygen atoms in total. The lowest BCUT2D eigenvalue weighted by Gasteiger charge is -2.14.